The summed E-state index contributed by atoms with van der Waals surface area (Å²) in [6.07, 6.45) is 2.54. The number of rotatable bonds is 6. The Balaban J connectivity index is 1.06. The van der Waals surface area contributed by atoms with E-state index in [0.29, 0.717) is 37.4 Å². The van der Waals surface area contributed by atoms with Crippen LogP contribution in [0.15, 0.2) is 54.6 Å². The smallest absolute Gasteiger partial charge is 0.318 e. The number of aryl methyl sites for hydroxylation is 1. The molecule has 4 heterocycles. The summed E-state index contributed by atoms with van der Waals surface area (Å²) in [5.41, 5.74) is 4.76. The summed E-state index contributed by atoms with van der Waals surface area (Å²) in [5, 5.41) is 14.6. The summed E-state index contributed by atoms with van der Waals surface area (Å²) in [5.74, 6) is 0.316. The zero-order valence-corrected chi connectivity index (χ0v) is 24.9. The van der Waals surface area contributed by atoms with E-state index in [1.807, 2.05) is 36.1 Å². The number of nitrogens with one attached hydrogen (secondary N) is 1. The molecule has 3 aliphatic rings. The number of benzene rings is 2. The summed E-state index contributed by atoms with van der Waals surface area (Å²) in [6, 6.07) is 18.0. The first-order valence-corrected chi connectivity index (χ1v) is 15.2. The number of likely N-dealkylation sites (tertiary alicyclic amines) is 2. The number of β-amino-alcohol motifs (C(OH)–C–C–N with tert-alkyl or cyclic N) is 1. The highest BCUT2D eigenvalue weighted by Gasteiger charge is 2.36. The fourth-order valence-electron chi connectivity index (χ4n) is 6.51. The molecule has 0 aliphatic carbocycles. The second kappa shape index (κ2) is 12.7. The van der Waals surface area contributed by atoms with Crippen LogP contribution in [0.2, 0.25) is 0 Å². The second-order valence-corrected chi connectivity index (χ2v) is 11.9. The van der Waals surface area contributed by atoms with Crippen molar-refractivity contribution >= 4 is 17.6 Å². The van der Waals surface area contributed by atoms with Crippen molar-refractivity contribution < 1.29 is 19.4 Å². The molecule has 2 N–H and O–H groups in total. The molecule has 2 amide bonds. The third-order valence-electron chi connectivity index (χ3n) is 9.00. The lowest BCUT2D eigenvalue weighted by molar-refractivity contribution is -0.0139. The summed E-state index contributed by atoms with van der Waals surface area (Å²) in [4.78, 5) is 41.2. The molecule has 2 atom stereocenters. The van der Waals surface area contributed by atoms with Gasteiger partial charge in [-0.25, -0.2) is 0 Å². The fraction of sp³-hybridized carbons (Fsp3) is 0.455. The molecule has 0 unspecified atom stereocenters. The van der Waals surface area contributed by atoms with E-state index in [-0.39, 0.29) is 42.1 Å². The van der Waals surface area contributed by atoms with Gasteiger partial charge in [-0.2, -0.15) is 9.97 Å². The third-order valence-corrected chi connectivity index (χ3v) is 9.00. The normalized spacial score (nSPS) is 21.3. The van der Waals surface area contributed by atoms with Crippen molar-refractivity contribution in [3.05, 3.63) is 82.5 Å². The van der Waals surface area contributed by atoms with Gasteiger partial charge in [-0.1, -0.05) is 42.0 Å². The van der Waals surface area contributed by atoms with Crippen LogP contribution in [-0.4, -0.2) is 99.6 Å². The van der Waals surface area contributed by atoms with Crippen LogP contribution in [0.1, 0.15) is 56.8 Å². The predicted molar refractivity (Wildman–Crippen MR) is 163 cm³/mol. The van der Waals surface area contributed by atoms with Crippen LogP contribution in [0.25, 0.3) is 0 Å². The largest absolute Gasteiger partial charge is 0.467 e. The van der Waals surface area contributed by atoms with Gasteiger partial charge in [-0.15, -0.1) is 0 Å². The average Bonchev–Trinajstić information content (AvgIpc) is 3.04. The number of fused-ring (bicyclic) bond motifs is 1. The Labute approximate surface area is 252 Å². The highest BCUT2D eigenvalue weighted by molar-refractivity contribution is 5.94. The van der Waals surface area contributed by atoms with Gasteiger partial charge in [0, 0.05) is 63.0 Å². The molecule has 6 rings (SSSR count). The first kappa shape index (κ1) is 29.1. The van der Waals surface area contributed by atoms with Gasteiger partial charge in [0.05, 0.1) is 13.2 Å². The van der Waals surface area contributed by atoms with Crippen LogP contribution in [-0.2, 0) is 13.0 Å². The quantitative estimate of drug-likeness (QED) is 0.455. The molecule has 2 saturated heterocycles. The Morgan fingerprint density at radius 2 is 1.63 bits per heavy atom. The summed E-state index contributed by atoms with van der Waals surface area (Å²) < 4.78 is 5.33. The number of carbonyl (C=O) groups is 2. The van der Waals surface area contributed by atoms with E-state index in [4.69, 9.17) is 4.74 Å². The summed E-state index contributed by atoms with van der Waals surface area (Å²) in [7, 11) is 1.48. The van der Waals surface area contributed by atoms with Crippen molar-refractivity contribution in [2.45, 2.75) is 57.3 Å². The molecular formula is C33H40N6O4. The van der Waals surface area contributed by atoms with E-state index in [1.54, 1.807) is 11.0 Å². The second-order valence-electron chi connectivity index (χ2n) is 11.9. The standard InChI is InChI=1S/C33H40N6O4/c1-22-7-9-24(10-8-22)31(41)37-16-12-26(13-17-37)34-30-19-27(35-33(36-30)43-2)32(42)39-18-14-28(29(40)21-39)38-15-11-23-5-3-4-6-25(23)20-38/h3-10,19,26,28-29,40H,11-18,20-21H2,1-2H3,(H,34,35,36)/t28-,29-/m1/s1. The summed E-state index contributed by atoms with van der Waals surface area (Å²) >= 11 is 0. The average molecular weight is 585 g/mol. The van der Waals surface area contributed by atoms with Crippen LogP contribution in [0.3, 0.4) is 0 Å². The molecular weight excluding hydrogens is 544 g/mol. The number of hydrogen-bond donors (Lipinski definition) is 2. The van der Waals surface area contributed by atoms with E-state index in [9.17, 15) is 14.7 Å². The van der Waals surface area contributed by atoms with Crippen molar-refractivity contribution in [1.82, 2.24) is 24.7 Å². The number of ether oxygens (including phenoxy) is 1. The Hall–Kier alpha value is -4.02. The topological polar surface area (TPSA) is 111 Å². The lowest BCUT2D eigenvalue weighted by Crippen LogP contribution is -2.56. The number of anilines is 1. The van der Waals surface area contributed by atoms with Crippen molar-refractivity contribution in [2.24, 2.45) is 0 Å². The van der Waals surface area contributed by atoms with Gasteiger partial charge in [-0.3, -0.25) is 14.5 Å². The lowest BCUT2D eigenvalue weighted by Gasteiger charge is -2.43. The van der Waals surface area contributed by atoms with Crippen LogP contribution in [0.5, 0.6) is 6.01 Å². The summed E-state index contributed by atoms with van der Waals surface area (Å²) in [6.45, 7) is 5.80. The molecule has 0 radical (unpaired) electrons. The van der Waals surface area contributed by atoms with Gasteiger partial charge < -0.3 is 25.0 Å². The molecule has 43 heavy (non-hydrogen) atoms. The lowest BCUT2D eigenvalue weighted by atomic mass is 9.94. The molecule has 1 aromatic heterocycles. The highest BCUT2D eigenvalue weighted by Crippen LogP contribution is 2.27. The predicted octanol–water partition coefficient (Wildman–Crippen LogP) is 3.14. The Morgan fingerprint density at radius 1 is 0.907 bits per heavy atom. The maximum atomic E-state index is 13.6. The first-order valence-electron chi connectivity index (χ1n) is 15.2. The van der Waals surface area contributed by atoms with Crippen molar-refractivity contribution in [2.75, 3.05) is 45.2 Å². The number of amides is 2. The molecule has 10 heteroatoms. The maximum Gasteiger partial charge on any atom is 0.318 e. The number of carbonyl (C=O) groups excluding carboxylic acids is 2. The zero-order valence-electron chi connectivity index (χ0n) is 24.9. The van der Waals surface area contributed by atoms with Crippen molar-refractivity contribution in [3.63, 3.8) is 0 Å². The van der Waals surface area contributed by atoms with E-state index in [0.717, 1.165) is 37.9 Å². The van der Waals surface area contributed by atoms with E-state index in [2.05, 4.69) is 44.5 Å². The van der Waals surface area contributed by atoms with E-state index < -0.39 is 6.10 Å². The first-order chi connectivity index (χ1) is 20.9. The zero-order chi connectivity index (χ0) is 29.9. The minimum Gasteiger partial charge on any atom is -0.467 e. The Kier molecular flexibility index (Phi) is 8.58. The molecule has 0 saturated carbocycles. The third kappa shape index (κ3) is 6.50. The number of piperidine rings is 2. The van der Waals surface area contributed by atoms with Crippen LogP contribution < -0.4 is 10.1 Å². The molecule has 2 fully saturated rings. The number of aliphatic hydroxyl groups is 1. The molecule has 226 valence electrons. The van der Waals surface area contributed by atoms with Gasteiger partial charge in [0.25, 0.3) is 11.8 Å². The van der Waals surface area contributed by atoms with Crippen LogP contribution in [0.4, 0.5) is 5.82 Å². The van der Waals surface area contributed by atoms with Crippen molar-refractivity contribution in [3.8, 4) is 6.01 Å². The molecule has 3 aliphatic heterocycles. The molecule has 0 spiro atoms. The Morgan fingerprint density at radius 3 is 2.35 bits per heavy atom. The minimum absolute atomic E-state index is 0.0123. The fourth-order valence-corrected chi connectivity index (χ4v) is 6.51. The van der Waals surface area contributed by atoms with Crippen LogP contribution >= 0.6 is 0 Å². The Bertz CT molecular complexity index is 1460. The van der Waals surface area contributed by atoms with E-state index in [1.165, 1.54) is 18.2 Å². The monoisotopic (exact) mass is 584 g/mol. The van der Waals surface area contributed by atoms with E-state index >= 15 is 0 Å². The molecule has 3 aromatic rings. The van der Waals surface area contributed by atoms with Gasteiger partial charge >= 0.3 is 6.01 Å². The highest BCUT2D eigenvalue weighted by atomic mass is 16.5. The van der Waals surface area contributed by atoms with Gasteiger partial charge in [0.1, 0.15) is 11.5 Å². The number of aliphatic hydroxyl groups excluding tert-OH is 1. The number of nitrogens with zero attached hydrogens (tertiary/aromatic N) is 5. The molecule has 2 aromatic carbocycles. The SMILES string of the molecule is COc1nc(NC2CCN(C(=O)c3ccc(C)cc3)CC2)cc(C(=O)N2CC[C@@H](N3CCc4ccccc4C3)[C@H](O)C2)n1. The minimum atomic E-state index is -0.642. The van der Waals surface area contributed by atoms with Gasteiger partial charge in [-0.05, 0) is 55.9 Å². The van der Waals surface area contributed by atoms with Crippen molar-refractivity contribution in [1.29, 1.82) is 0 Å². The number of methoxy groups -OCH3 is 1. The molecule has 0 bridgehead atoms. The van der Waals surface area contributed by atoms with Gasteiger partial charge in [0.2, 0.25) is 0 Å². The molecule has 10 nitrogen and oxygen atoms in total. The van der Waals surface area contributed by atoms with Crippen LogP contribution in [0, 0.1) is 6.92 Å². The van der Waals surface area contributed by atoms with Gasteiger partial charge in [0.15, 0.2) is 0 Å². The number of hydrogen-bond acceptors (Lipinski definition) is 8. The number of aromatic nitrogens is 2. The maximum absolute atomic E-state index is 13.6.